The van der Waals surface area contributed by atoms with Gasteiger partial charge in [0, 0.05) is 26.3 Å². The summed E-state index contributed by atoms with van der Waals surface area (Å²) in [6.45, 7) is 1.35. The van der Waals surface area contributed by atoms with Gasteiger partial charge in [0.15, 0.2) is 0 Å². The van der Waals surface area contributed by atoms with Crippen LogP contribution in [0.1, 0.15) is 18.9 Å². The zero-order chi connectivity index (χ0) is 19.4. The number of benzene rings is 1. The van der Waals surface area contributed by atoms with E-state index in [1.165, 1.54) is 18.9 Å². The first-order chi connectivity index (χ1) is 12.2. The van der Waals surface area contributed by atoms with Crippen LogP contribution in [0.15, 0.2) is 18.2 Å². The highest BCUT2D eigenvalue weighted by Gasteiger charge is 2.38. The molecule has 9 heteroatoms. The Hall–Kier alpha value is -2.32. The molecule has 142 valence electrons. The Labute approximate surface area is 155 Å². The van der Waals surface area contributed by atoms with Gasteiger partial charge in [0.25, 0.3) is 0 Å². The summed E-state index contributed by atoms with van der Waals surface area (Å²) in [5, 5.41) is 21.9. The first-order valence-corrected chi connectivity index (χ1v) is 8.41. The summed E-state index contributed by atoms with van der Waals surface area (Å²) < 4.78 is 5.05. The van der Waals surface area contributed by atoms with Gasteiger partial charge in [0.1, 0.15) is 17.8 Å². The number of aliphatic hydroxyl groups is 1. The molecule has 2 amide bonds. The maximum absolute atomic E-state index is 12.5. The number of nitrogens with zero attached hydrogens (tertiary/aromatic N) is 1. The summed E-state index contributed by atoms with van der Waals surface area (Å²) in [5.74, 6) is -1.71. The van der Waals surface area contributed by atoms with Crippen LogP contribution in [0.2, 0.25) is 5.02 Å². The predicted octanol–water partition coefficient (Wildman–Crippen LogP) is 0.442. The molecule has 0 aromatic heterocycles. The molecule has 1 fully saturated rings. The molecule has 3 N–H and O–H groups in total. The number of aliphatic hydroxyl groups excluding tert-OH is 1. The average molecular weight is 385 g/mol. The van der Waals surface area contributed by atoms with Crippen LogP contribution >= 0.6 is 11.6 Å². The number of hydrogen-bond donors (Lipinski definition) is 3. The molecular weight excluding hydrogens is 364 g/mol. The lowest BCUT2D eigenvalue weighted by atomic mass is 10.0. The van der Waals surface area contributed by atoms with Crippen LogP contribution in [0.4, 0.5) is 0 Å². The normalized spacial score (nSPS) is 20.5. The first kappa shape index (κ1) is 20.0. The summed E-state index contributed by atoms with van der Waals surface area (Å²) in [6.07, 6.45) is -0.718. The first-order valence-electron chi connectivity index (χ1n) is 8.03. The molecular formula is C17H21ClN2O6. The fourth-order valence-corrected chi connectivity index (χ4v) is 3.23. The number of amides is 2. The number of hydrogen-bond acceptors (Lipinski definition) is 5. The van der Waals surface area contributed by atoms with E-state index in [1.54, 1.807) is 18.2 Å². The van der Waals surface area contributed by atoms with Crippen LogP contribution in [0.5, 0.6) is 5.75 Å². The molecule has 0 aliphatic carbocycles. The third-order valence-electron chi connectivity index (χ3n) is 4.26. The zero-order valence-electron chi connectivity index (χ0n) is 14.4. The summed E-state index contributed by atoms with van der Waals surface area (Å²) in [7, 11) is 1.47. The summed E-state index contributed by atoms with van der Waals surface area (Å²) in [4.78, 5) is 36.8. The van der Waals surface area contributed by atoms with Crippen molar-refractivity contribution in [2.24, 2.45) is 0 Å². The summed E-state index contributed by atoms with van der Waals surface area (Å²) in [6, 6.07) is 2.77. The number of likely N-dealkylation sites (tertiary alicyclic amines) is 1. The van der Waals surface area contributed by atoms with Crippen LogP contribution < -0.4 is 10.1 Å². The summed E-state index contributed by atoms with van der Waals surface area (Å²) >= 11 is 6.04. The number of carboxylic acids is 1. The van der Waals surface area contributed by atoms with E-state index in [-0.39, 0.29) is 25.3 Å². The van der Waals surface area contributed by atoms with Crippen molar-refractivity contribution in [1.82, 2.24) is 10.2 Å². The van der Waals surface area contributed by atoms with Crippen molar-refractivity contribution in [3.05, 3.63) is 28.8 Å². The van der Waals surface area contributed by atoms with E-state index in [9.17, 15) is 24.6 Å². The molecule has 8 nitrogen and oxygen atoms in total. The number of methoxy groups -OCH3 is 1. The highest BCUT2D eigenvalue weighted by atomic mass is 35.5. The Kier molecular flexibility index (Phi) is 6.44. The Morgan fingerprint density at radius 3 is 2.65 bits per heavy atom. The van der Waals surface area contributed by atoms with E-state index in [4.69, 9.17) is 16.3 Å². The van der Waals surface area contributed by atoms with Gasteiger partial charge in [-0.25, -0.2) is 4.79 Å². The second kappa shape index (κ2) is 8.37. The van der Waals surface area contributed by atoms with Crippen molar-refractivity contribution in [1.29, 1.82) is 0 Å². The van der Waals surface area contributed by atoms with E-state index in [2.05, 4.69) is 5.32 Å². The molecule has 1 saturated heterocycles. The Morgan fingerprint density at radius 1 is 1.42 bits per heavy atom. The van der Waals surface area contributed by atoms with Crippen LogP contribution in [0.25, 0.3) is 0 Å². The van der Waals surface area contributed by atoms with Gasteiger partial charge in [-0.05, 0) is 17.7 Å². The van der Waals surface area contributed by atoms with Gasteiger partial charge in [-0.15, -0.1) is 0 Å². The lowest BCUT2D eigenvalue weighted by Gasteiger charge is -2.24. The topological polar surface area (TPSA) is 116 Å². The fraction of sp³-hybridized carbons (Fsp3) is 0.471. The third kappa shape index (κ3) is 4.64. The van der Waals surface area contributed by atoms with E-state index in [0.29, 0.717) is 16.3 Å². The average Bonchev–Trinajstić information content (AvgIpc) is 2.96. The van der Waals surface area contributed by atoms with Gasteiger partial charge in [0.2, 0.25) is 11.8 Å². The van der Waals surface area contributed by atoms with Gasteiger partial charge in [-0.3, -0.25) is 9.59 Å². The third-order valence-corrected chi connectivity index (χ3v) is 4.55. The molecule has 1 aliphatic rings. The van der Waals surface area contributed by atoms with Crippen molar-refractivity contribution in [2.75, 3.05) is 13.7 Å². The van der Waals surface area contributed by atoms with Crippen molar-refractivity contribution >= 4 is 29.4 Å². The SMILES string of the molecule is COc1ccc(C[C@@H](NC(=O)[C@@H]2C[C@@H](O)CN2C(C)=O)C(=O)O)cc1Cl. The van der Waals surface area contributed by atoms with Crippen LogP contribution in [-0.4, -0.2) is 64.7 Å². The minimum Gasteiger partial charge on any atom is -0.495 e. The number of carbonyl (C=O) groups excluding carboxylic acids is 2. The number of aliphatic carboxylic acids is 1. The monoisotopic (exact) mass is 384 g/mol. The van der Waals surface area contributed by atoms with Gasteiger partial charge in [-0.2, -0.15) is 0 Å². The number of halogens is 1. The highest BCUT2D eigenvalue weighted by molar-refractivity contribution is 6.32. The Bertz CT molecular complexity index is 710. The second-order valence-electron chi connectivity index (χ2n) is 6.15. The van der Waals surface area contributed by atoms with Crippen molar-refractivity contribution in [2.45, 2.75) is 38.0 Å². The minimum absolute atomic E-state index is 0.0140. The van der Waals surface area contributed by atoms with Crippen LogP contribution in [0.3, 0.4) is 0 Å². The van der Waals surface area contributed by atoms with Gasteiger partial charge in [0.05, 0.1) is 18.2 Å². The van der Waals surface area contributed by atoms with E-state index in [0.717, 1.165) is 0 Å². The standard InChI is InChI=1S/C17H21ClN2O6/c1-9(21)20-8-11(22)7-14(20)16(23)19-13(17(24)25)6-10-3-4-15(26-2)12(18)5-10/h3-5,11,13-14,22H,6-8H2,1-2H3,(H,19,23)(H,24,25)/t11-,13-,14+/m1/s1. The number of rotatable bonds is 6. The number of ether oxygens (including phenoxy) is 1. The van der Waals surface area contributed by atoms with Crippen molar-refractivity contribution < 1.29 is 29.3 Å². The highest BCUT2D eigenvalue weighted by Crippen LogP contribution is 2.25. The van der Waals surface area contributed by atoms with Crippen molar-refractivity contribution in [3.63, 3.8) is 0 Å². The smallest absolute Gasteiger partial charge is 0.326 e. The second-order valence-corrected chi connectivity index (χ2v) is 6.56. The predicted molar refractivity (Wildman–Crippen MR) is 93.1 cm³/mol. The summed E-state index contributed by atoms with van der Waals surface area (Å²) in [5.41, 5.74) is 0.610. The number of carbonyl (C=O) groups is 3. The molecule has 0 spiro atoms. The molecule has 0 unspecified atom stereocenters. The lowest BCUT2D eigenvalue weighted by molar-refractivity contribution is -0.143. The van der Waals surface area contributed by atoms with E-state index in [1.807, 2.05) is 0 Å². The molecule has 1 aromatic carbocycles. The fourth-order valence-electron chi connectivity index (χ4n) is 2.95. The maximum Gasteiger partial charge on any atom is 0.326 e. The molecule has 0 bridgehead atoms. The van der Waals surface area contributed by atoms with Gasteiger partial charge >= 0.3 is 5.97 Å². The van der Waals surface area contributed by atoms with Crippen molar-refractivity contribution in [3.8, 4) is 5.75 Å². The molecule has 1 aliphatic heterocycles. The quantitative estimate of drug-likeness (QED) is 0.655. The molecule has 0 saturated carbocycles. The largest absolute Gasteiger partial charge is 0.495 e. The lowest BCUT2D eigenvalue weighted by Crippen LogP contribution is -2.51. The number of carboxylic acid groups (broad SMARTS) is 1. The van der Waals surface area contributed by atoms with E-state index < -0.39 is 30.1 Å². The molecule has 3 atom stereocenters. The molecule has 2 rings (SSSR count). The number of β-amino-alcohol motifs (C(OH)–C–C–N with tert-alkyl or cyclic N) is 1. The molecule has 0 radical (unpaired) electrons. The Morgan fingerprint density at radius 2 is 2.12 bits per heavy atom. The minimum atomic E-state index is -1.21. The number of nitrogens with one attached hydrogen (secondary N) is 1. The van der Waals surface area contributed by atoms with E-state index >= 15 is 0 Å². The Balaban J connectivity index is 2.10. The molecule has 1 aromatic rings. The van der Waals surface area contributed by atoms with Crippen LogP contribution in [0, 0.1) is 0 Å². The van der Waals surface area contributed by atoms with Gasteiger partial charge in [-0.1, -0.05) is 17.7 Å². The molecule has 1 heterocycles. The van der Waals surface area contributed by atoms with Crippen LogP contribution in [-0.2, 0) is 20.8 Å². The maximum atomic E-state index is 12.5. The zero-order valence-corrected chi connectivity index (χ0v) is 15.2. The van der Waals surface area contributed by atoms with Gasteiger partial charge < -0.3 is 25.2 Å². The molecule has 26 heavy (non-hydrogen) atoms.